The topological polar surface area (TPSA) is 72.8 Å². The number of fused-ring (bicyclic) bond motifs is 1. The minimum atomic E-state index is 0.289. The molecule has 0 amide bonds. The van der Waals surface area contributed by atoms with Gasteiger partial charge in [0.2, 0.25) is 5.95 Å². The average Bonchev–Trinajstić information content (AvgIpc) is 2.54. The summed E-state index contributed by atoms with van der Waals surface area (Å²) >= 11 is 0. The van der Waals surface area contributed by atoms with Gasteiger partial charge in [-0.1, -0.05) is 18.2 Å². The van der Waals surface area contributed by atoms with E-state index in [0.717, 1.165) is 23.0 Å². The van der Waals surface area contributed by atoms with Crippen molar-refractivity contribution in [2.75, 3.05) is 19.0 Å². The lowest BCUT2D eigenvalue weighted by molar-refractivity contribution is 0.379. The SMILES string of the molecule is CCNc1nc(OC)nc(-c2ccc3cccnc3c2)n1. The van der Waals surface area contributed by atoms with Crippen LogP contribution < -0.4 is 10.1 Å². The van der Waals surface area contributed by atoms with Crippen LogP contribution in [-0.4, -0.2) is 33.6 Å². The van der Waals surface area contributed by atoms with Gasteiger partial charge in [-0.05, 0) is 19.1 Å². The second-order valence-electron chi connectivity index (χ2n) is 4.41. The zero-order valence-electron chi connectivity index (χ0n) is 11.9. The Morgan fingerprint density at radius 3 is 2.86 bits per heavy atom. The molecule has 6 heteroatoms. The molecule has 0 aliphatic heterocycles. The molecule has 2 heterocycles. The predicted octanol–water partition coefficient (Wildman–Crippen LogP) is 2.53. The summed E-state index contributed by atoms with van der Waals surface area (Å²) in [6, 6.07) is 10.1. The maximum absolute atomic E-state index is 5.13. The van der Waals surface area contributed by atoms with Crippen molar-refractivity contribution in [1.29, 1.82) is 0 Å². The zero-order valence-corrected chi connectivity index (χ0v) is 11.9. The van der Waals surface area contributed by atoms with E-state index < -0.39 is 0 Å². The van der Waals surface area contributed by atoms with Crippen molar-refractivity contribution in [3.63, 3.8) is 0 Å². The lowest BCUT2D eigenvalue weighted by atomic mass is 10.1. The predicted molar refractivity (Wildman–Crippen MR) is 81.3 cm³/mol. The van der Waals surface area contributed by atoms with Gasteiger partial charge in [0.05, 0.1) is 12.6 Å². The molecule has 1 aromatic carbocycles. The molecule has 0 saturated heterocycles. The third kappa shape index (κ3) is 2.74. The first-order valence-electron chi connectivity index (χ1n) is 6.69. The third-order valence-electron chi connectivity index (χ3n) is 3.00. The fraction of sp³-hybridized carbons (Fsp3) is 0.200. The normalized spacial score (nSPS) is 10.6. The Labute approximate surface area is 122 Å². The highest BCUT2D eigenvalue weighted by molar-refractivity contribution is 5.82. The van der Waals surface area contributed by atoms with E-state index in [9.17, 15) is 0 Å². The fourth-order valence-corrected chi connectivity index (χ4v) is 2.02. The molecule has 0 fully saturated rings. The molecule has 0 spiro atoms. The van der Waals surface area contributed by atoms with E-state index in [2.05, 4.69) is 25.3 Å². The van der Waals surface area contributed by atoms with Crippen molar-refractivity contribution in [2.24, 2.45) is 0 Å². The van der Waals surface area contributed by atoms with Gasteiger partial charge in [-0.15, -0.1) is 0 Å². The molecule has 3 aromatic rings. The molecule has 0 aliphatic carbocycles. The highest BCUT2D eigenvalue weighted by Gasteiger charge is 2.09. The van der Waals surface area contributed by atoms with Gasteiger partial charge in [0.15, 0.2) is 5.82 Å². The molecule has 0 unspecified atom stereocenters. The van der Waals surface area contributed by atoms with Gasteiger partial charge < -0.3 is 10.1 Å². The Bertz CT molecular complexity index is 775. The molecule has 0 bridgehead atoms. The van der Waals surface area contributed by atoms with Gasteiger partial charge >= 0.3 is 6.01 Å². The molecule has 1 N–H and O–H groups in total. The van der Waals surface area contributed by atoms with Crippen LogP contribution in [-0.2, 0) is 0 Å². The van der Waals surface area contributed by atoms with Gasteiger partial charge in [0, 0.05) is 23.7 Å². The van der Waals surface area contributed by atoms with E-state index in [1.807, 2.05) is 37.3 Å². The molecule has 106 valence electrons. The van der Waals surface area contributed by atoms with Gasteiger partial charge in [-0.3, -0.25) is 4.98 Å². The number of hydrogen-bond donors (Lipinski definition) is 1. The summed E-state index contributed by atoms with van der Waals surface area (Å²) in [5.41, 5.74) is 1.78. The molecule has 2 aromatic heterocycles. The molecule has 0 radical (unpaired) electrons. The van der Waals surface area contributed by atoms with Crippen LogP contribution >= 0.6 is 0 Å². The number of methoxy groups -OCH3 is 1. The summed E-state index contributed by atoms with van der Waals surface area (Å²) in [5, 5.41) is 4.15. The smallest absolute Gasteiger partial charge is 0.321 e. The van der Waals surface area contributed by atoms with Crippen molar-refractivity contribution in [3.8, 4) is 17.4 Å². The first-order valence-corrected chi connectivity index (χ1v) is 6.69. The van der Waals surface area contributed by atoms with Crippen LogP contribution in [0.3, 0.4) is 0 Å². The third-order valence-corrected chi connectivity index (χ3v) is 3.00. The second kappa shape index (κ2) is 5.70. The summed E-state index contributed by atoms with van der Waals surface area (Å²) < 4.78 is 5.13. The second-order valence-corrected chi connectivity index (χ2v) is 4.41. The van der Waals surface area contributed by atoms with E-state index in [1.165, 1.54) is 7.11 Å². The van der Waals surface area contributed by atoms with E-state index in [4.69, 9.17) is 4.74 Å². The highest BCUT2D eigenvalue weighted by atomic mass is 16.5. The number of hydrogen-bond acceptors (Lipinski definition) is 6. The van der Waals surface area contributed by atoms with Crippen molar-refractivity contribution >= 4 is 16.9 Å². The highest BCUT2D eigenvalue weighted by Crippen LogP contribution is 2.22. The molecule has 21 heavy (non-hydrogen) atoms. The molecule has 0 aliphatic rings. The van der Waals surface area contributed by atoms with Crippen LogP contribution in [0.15, 0.2) is 36.5 Å². The quantitative estimate of drug-likeness (QED) is 0.792. The molecule has 0 saturated carbocycles. The molecule has 0 atom stereocenters. The van der Waals surface area contributed by atoms with Crippen LogP contribution in [0, 0.1) is 0 Å². The monoisotopic (exact) mass is 281 g/mol. The van der Waals surface area contributed by atoms with Crippen LogP contribution in [0.25, 0.3) is 22.3 Å². The Hall–Kier alpha value is -2.76. The summed E-state index contributed by atoms with van der Waals surface area (Å²) in [7, 11) is 1.54. The van der Waals surface area contributed by atoms with Crippen LogP contribution in [0.4, 0.5) is 5.95 Å². The number of nitrogens with one attached hydrogen (secondary N) is 1. The van der Waals surface area contributed by atoms with Crippen molar-refractivity contribution in [2.45, 2.75) is 6.92 Å². The number of aromatic nitrogens is 4. The van der Waals surface area contributed by atoms with E-state index >= 15 is 0 Å². The number of anilines is 1. The Morgan fingerprint density at radius 2 is 2.05 bits per heavy atom. The summed E-state index contributed by atoms with van der Waals surface area (Å²) in [6.07, 6.45) is 1.77. The standard InChI is InChI=1S/C15H15N5O/c1-3-16-14-18-13(19-15(20-14)21-2)11-7-6-10-5-4-8-17-12(10)9-11/h4-9H,3H2,1-2H3,(H,16,18,19,20). The summed E-state index contributed by atoms with van der Waals surface area (Å²) in [4.78, 5) is 17.2. The first kappa shape index (κ1) is 13.2. The number of benzene rings is 1. The Kier molecular flexibility index (Phi) is 3.59. The van der Waals surface area contributed by atoms with Gasteiger partial charge in [-0.25, -0.2) is 0 Å². The lowest BCUT2D eigenvalue weighted by Crippen LogP contribution is -2.06. The number of nitrogens with zero attached hydrogens (tertiary/aromatic N) is 4. The zero-order chi connectivity index (χ0) is 14.7. The van der Waals surface area contributed by atoms with Gasteiger partial charge in [0.25, 0.3) is 0 Å². The maximum Gasteiger partial charge on any atom is 0.321 e. The first-order chi connectivity index (χ1) is 10.3. The van der Waals surface area contributed by atoms with Crippen molar-refractivity contribution < 1.29 is 4.74 Å². The molecular formula is C15H15N5O. The summed E-state index contributed by atoms with van der Waals surface area (Å²) in [6.45, 7) is 2.71. The molecular weight excluding hydrogens is 266 g/mol. The fourth-order valence-electron chi connectivity index (χ4n) is 2.02. The van der Waals surface area contributed by atoms with Gasteiger partial charge in [0.1, 0.15) is 0 Å². The van der Waals surface area contributed by atoms with Crippen LogP contribution in [0.1, 0.15) is 6.92 Å². The van der Waals surface area contributed by atoms with Crippen LogP contribution in [0.5, 0.6) is 6.01 Å². The Balaban J connectivity index is 2.10. The number of rotatable bonds is 4. The Morgan fingerprint density at radius 1 is 1.14 bits per heavy atom. The van der Waals surface area contributed by atoms with Crippen LogP contribution in [0.2, 0.25) is 0 Å². The molecule has 3 rings (SSSR count). The summed E-state index contributed by atoms with van der Waals surface area (Å²) in [5.74, 6) is 1.06. The van der Waals surface area contributed by atoms with Gasteiger partial charge in [-0.2, -0.15) is 15.0 Å². The number of ether oxygens (including phenoxy) is 1. The van der Waals surface area contributed by atoms with E-state index in [-0.39, 0.29) is 6.01 Å². The molecule has 6 nitrogen and oxygen atoms in total. The maximum atomic E-state index is 5.13. The van der Waals surface area contributed by atoms with Crippen molar-refractivity contribution in [1.82, 2.24) is 19.9 Å². The minimum absolute atomic E-state index is 0.289. The largest absolute Gasteiger partial charge is 0.467 e. The van der Waals surface area contributed by atoms with Crippen molar-refractivity contribution in [3.05, 3.63) is 36.5 Å². The number of pyridine rings is 1. The van der Waals surface area contributed by atoms with E-state index in [0.29, 0.717) is 11.8 Å². The lowest BCUT2D eigenvalue weighted by Gasteiger charge is -2.07. The van der Waals surface area contributed by atoms with E-state index in [1.54, 1.807) is 6.20 Å². The average molecular weight is 281 g/mol. The minimum Gasteiger partial charge on any atom is -0.467 e.